The molecule has 4 nitrogen and oxygen atoms in total. The third kappa shape index (κ3) is 4.26. The zero-order valence-corrected chi connectivity index (χ0v) is 13.8. The molecule has 0 atom stereocenters. The quantitative estimate of drug-likeness (QED) is 0.892. The summed E-state index contributed by atoms with van der Waals surface area (Å²) in [5.41, 5.74) is 1.54. The second kappa shape index (κ2) is 7.51. The van der Waals surface area contributed by atoms with Crippen molar-refractivity contribution < 1.29 is 14.3 Å². The van der Waals surface area contributed by atoms with E-state index < -0.39 is 0 Å². The largest absolute Gasteiger partial charge is 0.393 e. The van der Waals surface area contributed by atoms with Gasteiger partial charge in [-0.25, -0.2) is 4.39 Å². The smallest absolute Gasteiger partial charge is 0.253 e. The van der Waals surface area contributed by atoms with Gasteiger partial charge in [0.05, 0.1) is 11.7 Å². The molecule has 0 unspecified atom stereocenters. The Hall–Kier alpha value is -2.01. The standard InChI is InChI=1S/C14H15FN2O.C4H8O/c1-8(2)17-14(18)11-7-16-13-10(9(11)3)5-4-6-12(13)15;5-4-2-1-3-4/h4-8H,1-3H3,(H,17,18);4-5H,1-3H2. The van der Waals surface area contributed by atoms with Crippen molar-refractivity contribution >= 4 is 16.8 Å². The van der Waals surface area contributed by atoms with E-state index in [-0.39, 0.29) is 23.9 Å². The molecular formula is C18H23FN2O2. The third-order valence-corrected chi connectivity index (χ3v) is 3.86. The van der Waals surface area contributed by atoms with Gasteiger partial charge in [-0.2, -0.15) is 0 Å². The van der Waals surface area contributed by atoms with E-state index in [0.29, 0.717) is 16.5 Å². The number of aliphatic hydroxyl groups excluding tert-OH is 1. The lowest BCUT2D eigenvalue weighted by Gasteiger charge is -2.17. The van der Waals surface area contributed by atoms with Crippen molar-refractivity contribution in [2.75, 3.05) is 0 Å². The lowest BCUT2D eigenvalue weighted by Crippen LogP contribution is -2.30. The van der Waals surface area contributed by atoms with Crippen LogP contribution in [0.2, 0.25) is 0 Å². The van der Waals surface area contributed by atoms with E-state index in [4.69, 9.17) is 5.11 Å². The average Bonchev–Trinajstić information content (AvgIpc) is 2.46. The van der Waals surface area contributed by atoms with E-state index in [1.54, 1.807) is 19.1 Å². The number of nitrogens with one attached hydrogen (secondary N) is 1. The summed E-state index contributed by atoms with van der Waals surface area (Å²) in [7, 11) is 0. The van der Waals surface area contributed by atoms with E-state index in [0.717, 1.165) is 18.4 Å². The number of nitrogens with zero attached hydrogens (tertiary/aromatic N) is 1. The van der Waals surface area contributed by atoms with Crippen molar-refractivity contribution in [2.45, 2.75) is 52.2 Å². The van der Waals surface area contributed by atoms with Crippen molar-refractivity contribution in [1.82, 2.24) is 10.3 Å². The number of pyridine rings is 1. The molecule has 2 aromatic rings. The molecule has 1 aliphatic rings. The number of para-hydroxylation sites is 1. The van der Waals surface area contributed by atoms with Crippen molar-refractivity contribution in [3.05, 3.63) is 41.3 Å². The van der Waals surface area contributed by atoms with Crippen LogP contribution in [-0.2, 0) is 0 Å². The summed E-state index contributed by atoms with van der Waals surface area (Å²) in [4.78, 5) is 16.0. The molecule has 1 fully saturated rings. The fourth-order valence-corrected chi connectivity index (χ4v) is 2.28. The Morgan fingerprint density at radius 3 is 2.57 bits per heavy atom. The third-order valence-electron chi connectivity index (χ3n) is 3.86. The van der Waals surface area contributed by atoms with Crippen LogP contribution in [0.1, 0.15) is 49.0 Å². The highest BCUT2D eigenvalue weighted by molar-refractivity contribution is 6.00. The monoisotopic (exact) mass is 318 g/mol. The first kappa shape index (κ1) is 17.3. The maximum Gasteiger partial charge on any atom is 0.253 e. The number of carbonyl (C=O) groups is 1. The predicted molar refractivity (Wildman–Crippen MR) is 88.9 cm³/mol. The van der Waals surface area contributed by atoms with Crippen molar-refractivity contribution in [2.24, 2.45) is 0 Å². The second-order valence-corrected chi connectivity index (χ2v) is 6.15. The van der Waals surface area contributed by atoms with E-state index in [2.05, 4.69) is 10.3 Å². The Morgan fingerprint density at radius 1 is 1.39 bits per heavy atom. The number of carbonyl (C=O) groups excluding carboxylic acids is 1. The van der Waals surface area contributed by atoms with Crippen LogP contribution in [-0.4, -0.2) is 28.1 Å². The van der Waals surface area contributed by atoms with Crippen LogP contribution in [0.3, 0.4) is 0 Å². The van der Waals surface area contributed by atoms with Crippen molar-refractivity contribution in [3.8, 4) is 0 Å². The molecule has 0 saturated heterocycles. The van der Waals surface area contributed by atoms with Gasteiger partial charge in [-0.3, -0.25) is 9.78 Å². The Bertz CT molecular complexity index is 697. The minimum absolute atomic E-state index is 0.0557. The number of aryl methyl sites for hydroxylation is 1. The summed E-state index contributed by atoms with van der Waals surface area (Å²) in [6.45, 7) is 5.58. The first-order valence-electron chi connectivity index (χ1n) is 7.93. The molecular weight excluding hydrogens is 295 g/mol. The maximum absolute atomic E-state index is 13.5. The van der Waals surface area contributed by atoms with Gasteiger partial charge in [0, 0.05) is 17.6 Å². The number of aromatic nitrogens is 1. The van der Waals surface area contributed by atoms with Crippen molar-refractivity contribution in [1.29, 1.82) is 0 Å². The highest BCUT2D eigenvalue weighted by atomic mass is 19.1. The molecule has 1 aromatic carbocycles. The number of benzene rings is 1. The fourth-order valence-electron chi connectivity index (χ4n) is 2.28. The average molecular weight is 318 g/mol. The molecule has 0 bridgehead atoms. The first-order chi connectivity index (χ1) is 10.9. The van der Waals surface area contributed by atoms with Crippen LogP contribution in [0, 0.1) is 12.7 Å². The summed E-state index contributed by atoms with van der Waals surface area (Å²) >= 11 is 0. The molecule has 1 aliphatic carbocycles. The molecule has 5 heteroatoms. The number of fused-ring (bicyclic) bond motifs is 1. The van der Waals surface area contributed by atoms with Crippen molar-refractivity contribution in [3.63, 3.8) is 0 Å². The number of hydrogen-bond donors (Lipinski definition) is 2. The molecule has 0 radical (unpaired) electrons. The molecule has 3 rings (SSSR count). The van der Waals surface area contributed by atoms with Gasteiger partial charge < -0.3 is 10.4 Å². The lowest BCUT2D eigenvalue weighted by atomic mass is 9.97. The summed E-state index contributed by atoms with van der Waals surface area (Å²) < 4.78 is 13.5. The van der Waals surface area contributed by atoms with Gasteiger partial charge in [0.2, 0.25) is 0 Å². The topological polar surface area (TPSA) is 62.2 Å². The van der Waals surface area contributed by atoms with Crippen LogP contribution >= 0.6 is 0 Å². The number of aliphatic hydroxyl groups is 1. The molecule has 2 N–H and O–H groups in total. The van der Waals surface area contributed by atoms with E-state index in [1.807, 2.05) is 13.8 Å². The summed E-state index contributed by atoms with van der Waals surface area (Å²) in [6, 6.07) is 4.81. The van der Waals surface area contributed by atoms with Crippen LogP contribution in [0.15, 0.2) is 24.4 Å². The van der Waals surface area contributed by atoms with Gasteiger partial charge in [0.1, 0.15) is 11.3 Å². The Kier molecular flexibility index (Phi) is 5.66. The molecule has 1 amide bonds. The van der Waals surface area contributed by atoms with Gasteiger partial charge >= 0.3 is 0 Å². The normalized spacial score (nSPS) is 14.2. The van der Waals surface area contributed by atoms with Gasteiger partial charge in [-0.05, 0) is 51.7 Å². The molecule has 0 aliphatic heterocycles. The van der Waals surface area contributed by atoms with Gasteiger partial charge in [0.25, 0.3) is 5.91 Å². The van der Waals surface area contributed by atoms with Gasteiger partial charge in [-0.15, -0.1) is 0 Å². The van der Waals surface area contributed by atoms with E-state index in [9.17, 15) is 9.18 Å². The molecule has 1 saturated carbocycles. The molecule has 1 heterocycles. The highest BCUT2D eigenvalue weighted by Crippen LogP contribution is 2.21. The number of hydrogen-bond acceptors (Lipinski definition) is 3. The SMILES string of the molecule is Cc1c(C(=O)NC(C)C)cnc2c(F)cccc12.OC1CCC1. The van der Waals surface area contributed by atoms with Crippen LogP contribution in [0.25, 0.3) is 10.9 Å². The zero-order valence-electron chi connectivity index (χ0n) is 13.8. The highest BCUT2D eigenvalue weighted by Gasteiger charge is 2.14. The minimum Gasteiger partial charge on any atom is -0.393 e. The predicted octanol–water partition coefficient (Wildman–Crippen LogP) is 3.35. The summed E-state index contributed by atoms with van der Waals surface area (Å²) in [5, 5.41) is 11.9. The number of rotatable bonds is 2. The fraction of sp³-hybridized carbons (Fsp3) is 0.444. The maximum atomic E-state index is 13.5. The number of amides is 1. The summed E-state index contributed by atoms with van der Waals surface area (Å²) in [6.07, 6.45) is 4.81. The molecule has 0 spiro atoms. The van der Waals surface area contributed by atoms with E-state index >= 15 is 0 Å². The molecule has 124 valence electrons. The second-order valence-electron chi connectivity index (χ2n) is 6.15. The first-order valence-corrected chi connectivity index (χ1v) is 7.93. The zero-order chi connectivity index (χ0) is 17.0. The lowest BCUT2D eigenvalue weighted by molar-refractivity contribution is 0.0939. The van der Waals surface area contributed by atoms with Gasteiger partial charge in [-0.1, -0.05) is 12.1 Å². The van der Waals surface area contributed by atoms with Crippen LogP contribution in [0.5, 0.6) is 0 Å². The Balaban J connectivity index is 0.000000326. The molecule has 1 aromatic heterocycles. The summed E-state index contributed by atoms with van der Waals surface area (Å²) in [5.74, 6) is -0.549. The Labute approximate surface area is 135 Å². The van der Waals surface area contributed by atoms with Crippen LogP contribution in [0.4, 0.5) is 4.39 Å². The van der Waals surface area contributed by atoms with E-state index in [1.165, 1.54) is 18.7 Å². The number of halogens is 1. The molecule has 23 heavy (non-hydrogen) atoms. The van der Waals surface area contributed by atoms with Crippen LogP contribution < -0.4 is 5.32 Å². The van der Waals surface area contributed by atoms with Gasteiger partial charge in [0.15, 0.2) is 0 Å². The Morgan fingerprint density at radius 2 is 2.04 bits per heavy atom. The minimum atomic E-state index is -0.369.